The lowest BCUT2D eigenvalue weighted by molar-refractivity contribution is -0.143. The summed E-state index contributed by atoms with van der Waals surface area (Å²) in [4.78, 5) is 5.48. The van der Waals surface area contributed by atoms with E-state index in [1.165, 1.54) is 10.2 Å². The summed E-state index contributed by atoms with van der Waals surface area (Å²) in [5.74, 6) is 0. The molecule has 1 aromatic carbocycles. The van der Waals surface area contributed by atoms with Crippen LogP contribution in [-0.4, -0.2) is 25.2 Å². The van der Waals surface area contributed by atoms with Crippen LogP contribution in [-0.2, 0) is 12.4 Å². The topological polar surface area (TPSA) is 56.5 Å². The Hall–Kier alpha value is -2.15. The highest BCUT2D eigenvalue weighted by Crippen LogP contribution is 2.39. The number of hydrogen-bond donors (Lipinski definition) is 0. The molecule has 0 spiro atoms. The molecule has 0 N–H and O–H groups in total. The smallest absolute Gasteiger partial charge is 0.229 e. The van der Waals surface area contributed by atoms with Gasteiger partial charge in [0.2, 0.25) is 5.16 Å². The first-order valence-electron chi connectivity index (χ1n) is 7.66. The van der Waals surface area contributed by atoms with Gasteiger partial charge in [0.25, 0.3) is 0 Å². The average Bonchev–Trinajstić information content (AvgIpc) is 3.23. The number of rotatable bonds is 4. The van der Waals surface area contributed by atoms with Gasteiger partial charge in [-0.3, -0.25) is 0 Å². The van der Waals surface area contributed by atoms with Gasteiger partial charge in [-0.1, -0.05) is 0 Å². The van der Waals surface area contributed by atoms with Crippen molar-refractivity contribution in [2.24, 2.45) is 0 Å². The van der Waals surface area contributed by atoms with Gasteiger partial charge in [-0.2, -0.15) is 31.1 Å². The van der Waals surface area contributed by atoms with Crippen molar-refractivity contribution in [2.45, 2.75) is 41.7 Å². The molecule has 0 aliphatic rings. The third-order valence-corrected chi connectivity index (χ3v) is 5.20. The Morgan fingerprint density at radius 1 is 1.00 bits per heavy atom. The van der Waals surface area contributed by atoms with Gasteiger partial charge >= 0.3 is 12.4 Å². The number of tetrazole rings is 1. The molecule has 0 bridgehead atoms. The van der Waals surface area contributed by atoms with E-state index in [-0.39, 0.29) is 28.5 Å². The minimum absolute atomic E-state index is 0.000325. The van der Waals surface area contributed by atoms with Crippen LogP contribution in [0.15, 0.2) is 33.1 Å². The Morgan fingerprint density at radius 2 is 1.61 bits per heavy atom. The van der Waals surface area contributed by atoms with Gasteiger partial charge in [0, 0.05) is 10.9 Å². The molecule has 3 rings (SSSR count). The first-order chi connectivity index (χ1) is 12.9. The summed E-state index contributed by atoms with van der Waals surface area (Å²) in [6, 6.07) is 1.36. The quantitative estimate of drug-likeness (QED) is 0.498. The second kappa shape index (κ2) is 7.35. The first-order valence-corrected chi connectivity index (χ1v) is 9.36. The van der Waals surface area contributed by atoms with Gasteiger partial charge in [0.1, 0.15) is 0 Å². The lowest BCUT2D eigenvalue weighted by Crippen LogP contribution is -2.11. The molecular weight excluding hydrogens is 428 g/mol. The van der Waals surface area contributed by atoms with Crippen molar-refractivity contribution >= 4 is 23.1 Å². The van der Waals surface area contributed by atoms with E-state index in [1.807, 2.05) is 13.8 Å². The number of benzene rings is 1. The average molecular weight is 439 g/mol. The molecule has 0 saturated heterocycles. The summed E-state index contributed by atoms with van der Waals surface area (Å²) in [7, 11) is 0. The molecule has 0 atom stereocenters. The Kier molecular flexibility index (Phi) is 5.40. The molecule has 2 heterocycles. The summed E-state index contributed by atoms with van der Waals surface area (Å²) in [6.45, 7) is 3.70. The summed E-state index contributed by atoms with van der Waals surface area (Å²) in [6.07, 6.45) is -9.83. The zero-order valence-electron chi connectivity index (χ0n) is 14.2. The standard InChI is InChI=1S/C15H11F6N5S2/c1-7(2)26-24-12(23-25-26)28-13-22-11(6-27-13)8-3-9(14(16,17)18)5-10(4-8)15(19,20)21/h3-7H,1-2H3. The molecule has 0 aliphatic carbocycles. The molecule has 28 heavy (non-hydrogen) atoms. The highest BCUT2D eigenvalue weighted by atomic mass is 32.2. The predicted octanol–water partition coefficient (Wildman–Crippen LogP) is 5.57. The monoisotopic (exact) mass is 439 g/mol. The number of aromatic nitrogens is 5. The van der Waals surface area contributed by atoms with E-state index >= 15 is 0 Å². The fourth-order valence-corrected chi connectivity index (χ4v) is 3.70. The van der Waals surface area contributed by atoms with Crippen molar-refractivity contribution in [3.63, 3.8) is 0 Å². The number of nitrogens with zero attached hydrogens (tertiary/aromatic N) is 5. The maximum atomic E-state index is 13.0. The Morgan fingerprint density at radius 3 is 2.11 bits per heavy atom. The van der Waals surface area contributed by atoms with Gasteiger partial charge in [0.05, 0.1) is 22.9 Å². The molecule has 0 aliphatic heterocycles. The Labute approximate surface area is 162 Å². The van der Waals surface area contributed by atoms with E-state index < -0.39 is 23.5 Å². The highest BCUT2D eigenvalue weighted by Gasteiger charge is 2.37. The second-order valence-corrected chi connectivity index (χ2v) is 7.95. The van der Waals surface area contributed by atoms with Crippen LogP contribution in [0.5, 0.6) is 0 Å². The Bertz CT molecular complexity index is 944. The fraction of sp³-hybridized carbons (Fsp3) is 0.333. The van der Waals surface area contributed by atoms with Crippen molar-refractivity contribution in [1.82, 2.24) is 25.2 Å². The number of thiazole rings is 1. The molecule has 3 aromatic rings. The molecule has 0 radical (unpaired) electrons. The molecule has 5 nitrogen and oxygen atoms in total. The number of alkyl halides is 6. The van der Waals surface area contributed by atoms with E-state index in [1.54, 1.807) is 0 Å². The van der Waals surface area contributed by atoms with Crippen LogP contribution >= 0.6 is 23.1 Å². The fourth-order valence-electron chi connectivity index (χ4n) is 2.09. The molecule has 150 valence electrons. The molecular formula is C15H11F6N5S2. The van der Waals surface area contributed by atoms with Crippen LogP contribution in [0.2, 0.25) is 0 Å². The number of hydrogen-bond acceptors (Lipinski definition) is 6. The van der Waals surface area contributed by atoms with Gasteiger partial charge in [-0.25, -0.2) is 4.98 Å². The zero-order valence-corrected chi connectivity index (χ0v) is 15.8. The van der Waals surface area contributed by atoms with Crippen molar-refractivity contribution in [2.75, 3.05) is 0 Å². The van der Waals surface area contributed by atoms with Crippen molar-refractivity contribution in [3.8, 4) is 11.3 Å². The first kappa shape index (κ1) is 20.6. The van der Waals surface area contributed by atoms with E-state index in [4.69, 9.17) is 0 Å². The van der Waals surface area contributed by atoms with Crippen LogP contribution in [0.3, 0.4) is 0 Å². The summed E-state index contributed by atoms with van der Waals surface area (Å²) in [5.41, 5.74) is -3.05. The van der Waals surface area contributed by atoms with Gasteiger partial charge in [-0.15, -0.1) is 21.5 Å². The van der Waals surface area contributed by atoms with Crippen molar-refractivity contribution in [1.29, 1.82) is 0 Å². The predicted molar refractivity (Wildman–Crippen MR) is 89.9 cm³/mol. The lowest BCUT2D eigenvalue weighted by Gasteiger charge is -2.13. The van der Waals surface area contributed by atoms with Crippen LogP contribution < -0.4 is 0 Å². The maximum Gasteiger partial charge on any atom is 0.416 e. The largest absolute Gasteiger partial charge is 0.416 e. The summed E-state index contributed by atoms with van der Waals surface area (Å²) in [5, 5.41) is 13.4. The maximum absolute atomic E-state index is 13.0. The zero-order chi connectivity index (χ0) is 20.7. The molecule has 0 amide bonds. The molecule has 0 saturated carbocycles. The summed E-state index contributed by atoms with van der Waals surface area (Å²) < 4.78 is 78.3. The lowest BCUT2D eigenvalue weighted by atomic mass is 10.0. The van der Waals surface area contributed by atoms with Crippen LogP contribution in [0.1, 0.15) is 31.0 Å². The molecule has 0 unspecified atom stereocenters. The van der Waals surface area contributed by atoms with Crippen LogP contribution in [0.4, 0.5) is 26.3 Å². The van der Waals surface area contributed by atoms with E-state index in [2.05, 4.69) is 20.4 Å². The van der Waals surface area contributed by atoms with Crippen LogP contribution in [0, 0.1) is 0 Å². The van der Waals surface area contributed by atoms with E-state index in [9.17, 15) is 26.3 Å². The second-order valence-electron chi connectivity index (χ2n) is 5.88. The minimum Gasteiger partial charge on any atom is -0.229 e. The van der Waals surface area contributed by atoms with Gasteiger partial charge in [0.15, 0.2) is 4.34 Å². The SMILES string of the molecule is CC(C)n1nnc(Sc2nc(-c3cc(C(F)(F)F)cc(C(F)(F)F)c3)cs2)n1. The van der Waals surface area contributed by atoms with Gasteiger partial charge in [-0.05, 0) is 49.0 Å². The number of halogens is 6. The van der Waals surface area contributed by atoms with E-state index in [0.717, 1.165) is 23.1 Å². The minimum atomic E-state index is -4.91. The van der Waals surface area contributed by atoms with Gasteiger partial charge < -0.3 is 0 Å². The Balaban J connectivity index is 1.93. The normalized spacial score (nSPS) is 12.8. The molecule has 13 heteroatoms. The highest BCUT2D eigenvalue weighted by molar-refractivity contribution is 8.00. The van der Waals surface area contributed by atoms with Crippen LogP contribution in [0.25, 0.3) is 11.3 Å². The third-order valence-electron chi connectivity index (χ3n) is 3.42. The molecule has 0 fully saturated rings. The van der Waals surface area contributed by atoms with E-state index in [0.29, 0.717) is 16.5 Å². The van der Waals surface area contributed by atoms with Crippen molar-refractivity contribution in [3.05, 3.63) is 34.7 Å². The van der Waals surface area contributed by atoms with Crippen molar-refractivity contribution < 1.29 is 26.3 Å². The summed E-state index contributed by atoms with van der Waals surface area (Å²) >= 11 is 2.07. The molecule has 2 aromatic heterocycles. The third kappa shape index (κ3) is 4.63.